The smallest absolute Gasteiger partial charge is 0.512 e. The van der Waals surface area contributed by atoms with E-state index in [1.807, 2.05) is 0 Å². The molecule has 0 amide bonds. The van der Waals surface area contributed by atoms with Crippen LogP contribution >= 0.6 is 8.25 Å². The highest BCUT2D eigenvalue weighted by Gasteiger charge is 1.99. The Kier molecular flexibility index (Phi) is 9.59. The minimum atomic E-state index is -2.87. The molecular formula is C7H15NO5P+. The van der Waals surface area contributed by atoms with E-state index in [1.54, 1.807) is 11.9 Å². The molecule has 0 atom stereocenters. The Hall–Kier alpha value is -0.940. The summed E-state index contributed by atoms with van der Waals surface area (Å²) in [5.74, 6) is 0.174. The molecule has 0 aromatic rings. The Bertz CT molecular complexity index is 198. The molecule has 0 aromatic heterocycles. The molecule has 0 spiro atoms. The van der Waals surface area contributed by atoms with Gasteiger partial charge in [-0.3, -0.25) is 4.90 Å². The molecule has 0 rings (SSSR count). The van der Waals surface area contributed by atoms with Crippen molar-refractivity contribution in [1.29, 1.82) is 0 Å². The summed E-state index contributed by atoms with van der Waals surface area (Å²) in [6, 6.07) is 0. The maximum Gasteiger partial charge on any atom is 0.692 e. The van der Waals surface area contributed by atoms with Crippen molar-refractivity contribution in [3.05, 3.63) is 24.7 Å². The molecule has 0 saturated carbocycles. The van der Waals surface area contributed by atoms with Crippen LogP contribution in [-0.4, -0.2) is 45.0 Å². The van der Waals surface area contributed by atoms with Crippen LogP contribution in [0.25, 0.3) is 0 Å². The average Bonchev–Trinajstić information content (AvgIpc) is 1.79. The second-order valence-corrected chi connectivity index (χ2v) is 3.06. The Labute approximate surface area is 83.4 Å². The van der Waals surface area contributed by atoms with Gasteiger partial charge in [0.1, 0.15) is 0 Å². The zero-order chi connectivity index (χ0) is 11.7. The lowest BCUT2D eigenvalue weighted by atomic mass is 10.4. The van der Waals surface area contributed by atoms with E-state index in [0.717, 1.165) is 0 Å². The predicted molar refractivity (Wildman–Crippen MR) is 53.1 cm³/mol. The molecule has 0 aliphatic rings. The fourth-order valence-corrected chi connectivity index (χ4v) is 0.679. The van der Waals surface area contributed by atoms with Crippen molar-refractivity contribution in [3.8, 4) is 0 Å². The molecule has 0 saturated heterocycles. The van der Waals surface area contributed by atoms with Crippen molar-refractivity contribution in [2.45, 2.75) is 0 Å². The van der Waals surface area contributed by atoms with E-state index in [4.69, 9.17) is 24.6 Å². The molecule has 7 heteroatoms. The van der Waals surface area contributed by atoms with Crippen molar-refractivity contribution >= 4 is 8.25 Å². The maximum absolute atomic E-state index is 8.70. The SMILES string of the molecule is C=C(O)CN(C)CC(=C)O.O=[P+](O)O. The monoisotopic (exact) mass is 224 g/mol. The normalized spacial score (nSPS) is 8.86. The van der Waals surface area contributed by atoms with Crippen LogP contribution in [0.4, 0.5) is 0 Å². The number of nitrogens with zero attached hydrogens (tertiary/aromatic N) is 1. The first-order valence-corrected chi connectivity index (χ1v) is 4.69. The van der Waals surface area contributed by atoms with Gasteiger partial charge in [-0.15, -0.1) is 9.79 Å². The Balaban J connectivity index is 0. The zero-order valence-corrected chi connectivity index (χ0v) is 8.81. The largest absolute Gasteiger partial charge is 0.692 e. The van der Waals surface area contributed by atoms with Gasteiger partial charge in [0.15, 0.2) is 0 Å². The lowest BCUT2D eigenvalue weighted by molar-refractivity contribution is 0.269. The fraction of sp³-hybridized carbons (Fsp3) is 0.429. The van der Waals surface area contributed by atoms with Gasteiger partial charge in [-0.05, 0) is 7.05 Å². The summed E-state index contributed by atoms with van der Waals surface area (Å²) >= 11 is 0. The Morgan fingerprint density at radius 3 is 1.57 bits per heavy atom. The number of rotatable bonds is 4. The summed E-state index contributed by atoms with van der Waals surface area (Å²) < 4.78 is 8.70. The van der Waals surface area contributed by atoms with Crippen LogP contribution in [0.5, 0.6) is 0 Å². The van der Waals surface area contributed by atoms with E-state index >= 15 is 0 Å². The Morgan fingerprint density at radius 1 is 1.21 bits per heavy atom. The summed E-state index contributed by atoms with van der Waals surface area (Å²) in [6.45, 7) is 7.33. The number of hydrogen-bond donors (Lipinski definition) is 4. The van der Waals surface area contributed by atoms with Crippen LogP contribution in [-0.2, 0) is 4.57 Å². The van der Waals surface area contributed by atoms with E-state index in [9.17, 15) is 0 Å². The quantitative estimate of drug-likeness (QED) is 0.414. The van der Waals surface area contributed by atoms with Gasteiger partial charge in [-0.2, -0.15) is 0 Å². The topological polar surface area (TPSA) is 101 Å². The van der Waals surface area contributed by atoms with Crippen molar-refractivity contribution in [2.24, 2.45) is 0 Å². The van der Waals surface area contributed by atoms with E-state index in [0.29, 0.717) is 13.1 Å². The zero-order valence-electron chi connectivity index (χ0n) is 7.92. The van der Waals surface area contributed by atoms with Gasteiger partial charge < -0.3 is 10.2 Å². The molecule has 0 unspecified atom stereocenters. The molecule has 6 nitrogen and oxygen atoms in total. The van der Waals surface area contributed by atoms with Crippen LogP contribution in [0.15, 0.2) is 24.7 Å². The van der Waals surface area contributed by atoms with Gasteiger partial charge in [0.25, 0.3) is 0 Å². The first-order valence-electron chi connectivity index (χ1n) is 3.52. The third kappa shape index (κ3) is 22.5. The number of hydrogen-bond acceptors (Lipinski definition) is 4. The van der Waals surface area contributed by atoms with Crippen molar-refractivity contribution in [2.75, 3.05) is 20.1 Å². The van der Waals surface area contributed by atoms with E-state index < -0.39 is 8.25 Å². The third-order valence-corrected chi connectivity index (χ3v) is 0.905. The lowest BCUT2D eigenvalue weighted by Gasteiger charge is -2.13. The van der Waals surface area contributed by atoms with E-state index in [2.05, 4.69) is 13.2 Å². The fourth-order valence-electron chi connectivity index (χ4n) is 0.679. The average molecular weight is 224 g/mol. The van der Waals surface area contributed by atoms with Crippen LogP contribution in [0.3, 0.4) is 0 Å². The van der Waals surface area contributed by atoms with Gasteiger partial charge >= 0.3 is 8.25 Å². The molecule has 0 bridgehead atoms. The molecule has 0 radical (unpaired) electrons. The summed E-state index contributed by atoms with van der Waals surface area (Å²) in [5, 5.41) is 17.4. The van der Waals surface area contributed by atoms with Gasteiger partial charge in [0, 0.05) is 4.57 Å². The van der Waals surface area contributed by atoms with E-state index in [1.165, 1.54) is 0 Å². The van der Waals surface area contributed by atoms with Crippen molar-refractivity contribution in [3.63, 3.8) is 0 Å². The van der Waals surface area contributed by atoms with Crippen LogP contribution < -0.4 is 0 Å². The van der Waals surface area contributed by atoms with Crippen LogP contribution in [0, 0.1) is 0 Å². The van der Waals surface area contributed by atoms with Crippen molar-refractivity contribution < 1.29 is 24.6 Å². The van der Waals surface area contributed by atoms with Crippen LogP contribution in [0.1, 0.15) is 0 Å². The molecule has 82 valence electrons. The van der Waals surface area contributed by atoms with E-state index in [-0.39, 0.29) is 11.5 Å². The summed E-state index contributed by atoms with van der Waals surface area (Å²) in [5.41, 5.74) is 0. The van der Waals surface area contributed by atoms with Crippen molar-refractivity contribution in [1.82, 2.24) is 4.90 Å². The number of aliphatic hydroxyl groups is 2. The van der Waals surface area contributed by atoms with Gasteiger partial charge in [-0.25, -0.2) is 0 Å². The molecule has 0 aromatic carbocycles. The standard InChI is InChI=1S/C7H13NO2.HO3P/c1-6(9)4-8(3)5-7(2)10;1-4(2)3/h9-10H,1-2,4-5H2,3H3;(H-,1,2,3)/p+1. The second kappa shape index (κ2) is 8.65. The highest BCUT2D eigenvalue weighted by atomic mass is 31.1. The third-order valence-electron chi connectivity index (χ3n) is 0.905. The first kappa shape index (κ1) is 15.5. The Morgan fingerprint density at radius 2 is 1.43 bits per heavy atom. The van der Waals surface area contributed by atoms with Gasteiger partial charge in [0.05, 0.1) is 24.6 Å². The predicted octanol–water partition coefficient (Wildman–Crippen LogP) is 0.690. The number of likely N-dealkylation sites (N-methyl/N-ethyl adjacent to an activating group) is 1. The highest BCUT2D eigenvalue weighted by Crippen LogP contribution is 1.98. The molecule has 0 fully saturated rings. The van der Waals surface area contributed by atoms with Gasteiger partial charge in [0.2, 0.25) is 0 Å². The molecule has 4 N–H and O–H groups in total. The summed E-state index contributed by atoms with van der Waals surface area (Å²) in [6.07, 6.45) is 0. The van der Waals surface area contributed by atoms with Gasteiger partial charge in [-0.1, -0.05) is 13.2 Å². The van der Waals surface area contributed by atoms with Crippen LogP contribution in [0.2, 0.25) is 0 Å². The molecule has 14 heavy (non-hydrogen) atoms. The molecule has 0 heterocycles. The summed E-state index contributed by atoms with van der Waals surface area (Å²) in [4.78, 5) is 15.9. The molecule has 0 aliphatic heterocycles. The maximum atomic E-state index is 8.70. The molecule has 0 aliphatic carbocycles. The molecular weight excluding hydrogens is 209 g/mol. The minimum Gasteiger partial charge on any atom is -0.512 e. The highest BCUT2D eigenvalue weighted by molar-refractivity contribution is 7.30. The first-order chi connectivity index (χ1) is 6.25. The summed E-state index contributed by atoms with van der Waals surface area (Å²) in [7, 11) is -1.12. The lowest BCUT2D eigenvalue weighted by Crippen LogP contribution is -2.22. The number of aliphatic hydroxyl groups excluding tert-OH is 2. The minimum absolute atomic E-state index is 0.0868. The second-order valence-electron chi connectivity index (χ2n) is 2.56.